The maximum Gasteiger partial charge on any atom is 0.0756 e. The lowest BCUT2D eigenvalue weighted by Gasteiger charge is -2.25. The van der Waals surface area contributed by atoms with Crippen molar-refractivity contribution in [1.29, 1.82) is 0 Å². The summed E-state index contributed by atoms with van der Waals surface area (Å²) in [7, 11) is 0. The molecule has 0 N–H and O–H groups in total. The van der Waals surface area contributed by atoms with Gasteiger partial charge in [-0.25, -0.2) is 0 Å². The van der Waals surface area contributed by atoms with Crippen molar-refractivity contribution in [3.63, 3.8) is 0 Å². The van der Waals surface area contributed by atoms with Gasteiger partial charge in [0, 0.05) is 10.8 Å². The summed E-state index contributed by atoms with van der Waals surface area (Å²) in [6.07, 6.45) is 10.0. The first-order valence-corrected chi connectivity index (χ1v) is 12.5. The van der Waals surface area contributed by atoms with Gasteiger partial charge in [0.25, 0.3) is 0 Å². The van der Waals surface area contributed by atoms with Crippen LogP contribution in [0.1, 0.15) is 101 Å². The van der Waals surface area contributed by atoms with Gasteiger partial charge in [-0.3, -0.25) is 0 Å². The molecule has 0 spiro atoms. The fourth-order valence-electron chi connectivity index (χ4n) is 5.14. The summed E-state index contributed by atoms with van der Waals surface area (Å²) >= 11 is 0. The van der Waals surface area contributed by atoms with Gasteiger partial charge in [-0.2, -0.15) is 10.2 Å². The van der Waals surface area contributed by atoms with Gasteiger partial charge in [-0.05, 0) is 96.9 Å². The van der Waals surface area contributed by atoms with Crippen molar-refractivity contribution in [2.45, 2.75) is 92.9 Å². The Morgan fingerprint density at radius 2 is 0.875 bits per heavy atom. The Morgan fingerprint density at radius 3 is 1.22 bits per heavy atom. The average molecular weight is 429 g/mol. The van der Waals surface area contributed by atoms with Crippen molar-refractivity contribution in [3.05, 3.63) is 69.8 Å². The largest absolute Gasteiger partial charge is 0.154 e. The van der Waals surface area contributed by atoms with Crippen LogP contribution in [0.3, 0.4) is 0 Å². The molecule has 32 heavy (non-hydrogen) atoms. The molecule has 0 bridgehead atoms. The standard InChI is InChI=1S/C30H40N2/c1-29(2,3)27(25-17-15-21-11-7-9-13-23(21)19-25)31-32-28(30(4,5)6)26-18-16-22-12-8-10-14-24(22)20-26/h15-20H,7-14H2,1-6H3/b31-27-,32-28-. The topological polar surface area (TPSA) is 24.7 Å². The summed E-state index contributed by atoms with van der Waals surface area (Å²) in [5.74, 6) is 0. The minimum Gasteiger partial charge on any atom is -0.154 e. The molecule has 2 nitrogen and oxygen atoms in total. The monoisotopic (exact) mass is 428 g/mol. The highest BCUT2D eigenvalue weighted by Crippen LogP contribution is 2.30. The number of benzene rings is 2. The summed E-state index contributed by atoms with van der Waals surface area (Å²) < 4.78 is 0. The van der Waals surface area contributed by atoms with Gasteiger partial charge in [-0.15, -0.1) is 0 Å². The molecule has 0 heterocycles. The van der Waals surface area contributed by atoms with Crippen LogP contribution in [0.4, 0.5) is 0 Å². The fraction of sp³-hybridized carbons (Fsp3) is 0.533. The second-order valence-electron chi connectivity index (χ2n) is 11.8. The quantitative estimate of drug-likeness (QED) is 0.353. The van der Waals surface area contributed by atoms with E-state index in [1.807, 2.05) is 0 Å². The van der Waals surface area contributed by atoms with Crippen LogP contribution < -0.4 is 0 Å². The molecular weight excluding hydrogens is 388 g/mol. The molecule has 2 aromatic carbocycles. The summed E-state index contributed by atoms with van der Waals surface area (Å²) in [6, 6.07) is 13.9. The third kappa shape index (κ3) is 5.05. The van der Waals surface area contributed by atoms with Crippen molar-refractivity contribution in [2.75, 3.05) is 0 Å². The van der Waals surface area contributed by atoms with Gasteiger partial charge >= 0.3 is 0 Å². The minimum atomic E-state index is -0.0781. The van der Waals surface area contributed by atoms with Gasteiger partial charge in [0.1, 0.15) is 0 Å². The number of hydrogen-bond acceptors (Lipinski definition) is 2. The maximum atomic E-state index is 4.97. The molecule has 2 aliphatic carbocycles. The molecule has 2 aromatic rings. The van der Waals surface area contributed by atoms with Crippen LogP contribution in [0.15, 0.2) is 46.6 Å². The smallest absolute Gasteiger partial charge is 0.0756 e. The third-order valence-corrected chi connectivity index (χ3v) is 6.91. The van der Waals surface area contributed by atoms with E-state index in [4.69, 9.17) is 10.2 Å². The number of rotatable bonds is 3. The van der Waals surface area contributed by atoms with Gasteiger partial charge in [0.15, 0.2) is 0 Å². The second kappa shape index (κ2) is 8.96. The average Bonchev–Trinajstić information content (AvgIpc) is 2.74. The number of aryl methyl sites for hydroxylation is 4. The van der Waals surface area contributed by atoms with E-state index in [1.54, 1.807) is 0 Å². The van der Waals surface area contributed by atoms with E-state index in [1.165, 1.54) is 84.7 Å². The molecule has 0 atom stereocenters. The van der Waals surface area contributed by atoms with Gasteiger partial charge < -0.3 is 0 Å². The zero-order chi connectivity index (χ0) is 22.9. The van der Waals surface area contributed by atoms with Crippen molar-refractivity contribution in [2.24, 2.45) is 21.0 Å². The molecular formula is C30H40N2. The van der Waals surface area contributed by atoms with Crippen molar-refractivity contribution in [1.82, 2.24) is 0 Å². The van der Waals surface area contributed by atoms with Crippen LogP contribution in [0.25, 0.3) is 0 Å². The van der Waals surface area contributed by atoms with Crippen LogP contribution in [0, 0.1) is 10.8 Å². The number of nitrogens with zero attached hydrogens (tertiary/aromatic N) is 2. The molecule has 0 aromatic heterocycles. The van der Waals surface area contributed by atoms with Gasteiger partial charge in [0.2, 0.25) is 0 Å². The van der Waals surface area contributed by atoms with Crippen molar-refractivity contribution < 1.29 is 0 Å². The Bertz CT molecular complexity index is 956. The van der Waals surface area contributed by atoms with Crippen LogP contribution in [-0.4, -0.2) is 11.4 Å². The summed E-state index contributed by atoms with van der Waals surface area (Å²) in [5, 5.41) is 9.95. The van der Waals surface area contributed by atoms with Crippen molar-refractivity contribution in [3.8, 4) is 0 Å². The van der Waals surface area contributed by atoms with Gasteiger partial charge in [0.05, 0.1) is 11.4 Å². The second-order valence-corrected chi connectivity index (χ2v) is 11.8. The molecule has 2 aliphatic rings. The normalized spacial score (nSPS) is 17.7. The lowest BCUT2D eigenvalue weighted by molar-refractivity contribution is 0.581. The summed E-state index contributed by atoms with van der Waals surface area (Å²) in [4.78, 5) is 0. The summed E-state index contributed by atoms with van der Waals surface area (Å²) in [6.45, 7) is 13.5. The third-order valence-electron chi connectivity index (χ3n) is 6.91. The number of hydrogen-bond donors (Lipinski definition) is 0. The molecule has 0 radical (unpaired) electrons. The predicted molar refractivity (Wildman–Crippen MR) is 138 cm³/mol. The first-order valence-electron chi connectivity index (χ1n) is 12.5. The van der Waals surface area contributed by atoms with Crippen LogP contribution in [0.2, 0.25) is 0 Å². The van der Waals surface area contributed by atoms with E-state index in [-0.39, 0.29) is 10.8 Å². The Morgan fingerprint density at radius 1 is 0.531 bits per heavy atom. The highest BCUT2D eigenvalue weighted by Gasteiger charge is 2.25. The zero-order valence-electron chi connectivity index (χ0n) is 21.0. The van der Waals surface area contributed by atoms with Crippen LogP contribution in [0.5, 0.6) is 0 Å². The molecule has 0 amide bonds. The van der Waals surface area contributed by atoms with Crippen molar-refractivity contribution >= 4 is 11.4 Å². The molecule has 0 fully saturated rings. The van der Waals surface area contributed by atoms with E-state index < -0.39 is 0 Å². The Balaban J connectivity index is 1.78. The van der Waals surface area contributed by atoms with E-state index in [0.717, 1.165) is 11.4 Å². The molecule has 170 valence electrons. The van der Waals surface area contributed by atoms with Crippen LogP contribution >= 0.6 is 0 Å². The Kier molecular flexibility index (Phi) is 6.43. The Hall–Kier alpha value is -2.22. The fourth-order valence-corrected chi connectivity index (χ4v) is 5.14. The predicted octanol–water partition coefficient (Wildman–Crippen LogP) is 7.73. The molecule has 2 heteroatoms. The van der Waals surface area contributed by atoms with Crippen LogP contribution in [-0.2, 0) is 25.7 Å². The maximum absolute atomic E-state index is 4.97. The first-order chi connectivity index (χ1) is 15.1. The number of fused-ring (bicyclic) bond motifs is 2. The highest BCUT2D eigenvalue weighted by atomic mass is 15.2. The molecule has 4 rings (SSSR count). The van der Waals surface area contributed by atoms with E-state index in [0.29, 0.717) is 0 Å². The van der Waals surface area contributed by atoms with E-state index >= 15 is 0 Å². The van der Waals surface area contributed by atoms with E-state index in [9.17, 15) is 0 Å². The Labute approximate surface area is 195 Å². The molecule has 0 aliphatic heterocycles. The van der Waals surface area contributed by atoms with Gasteiger partial charge in [-0.1, -0.05) is 65.8 Å². The molecule has 0 unspecified atom stereocenters. The lowest BCUT2D eigenvalue weighted by atomic mass is 9.82. The lowest BCUT2D eigenvalue weighted by Crippen LogP contribution is -2.24. The van der Waals surface area contributed by atoms with E-state index in [2.05, 4.69) is 77.9 Å². The highest BCUT2D eigenvalue weighted by molar-refractivity contribution is 6.07. The summed E-state index contributed by atoms with van der Waals surface area (Å²) in [5.41, 5.74) is 10.5. The first kappa shape index (κ1) is 23.0. The minimum absolute atomic E-state index is 0.0781. The zero-order valence-corrected chi connectivity index (χ0v) is 21.0. The molecule has 0 saturated carbocycles. The molecule has 0 saturated heterocycles. The SMILES string of the molecule is CC(C)(C)/C(=N\N=C(\c1ccc2c(c1)CCCC2)C(C)(C)C)c1ccc2c(c1)CCCC2.